The zero-order valence-electron chi connectivity index (χ0n) is 13.0. The topological polar surface area (TPSA) is 75.6 Å². The van der Waals surface area contributed by atoms with Gasteiger partial charge in [-0.2, -0.15) is 0 Å². The van der Waals surface area contributed by atoms with Crippen LogP contribution in [0.15, 0.2) is 24.3 Å². The van der Waals surface area contributed by atoms with Gasteiger partial charge in [0.25, 0.3) is 0 Å². The van der Waals surface area contributed by atoms with Crippen LogP contribution in [0.25, 0.3) is 0 Å². The Hall–Kier alpha value is -1.15. The van der Waals surface area contributed by atoms with Crippen molar-refractivity contribution in [1.29, 1.82) is 0 Å². The quantitative estimate of drug-likeness (QED) is 0.523. The van der Waals surface area contributed by atoms with Crippen LogP contribution in [-0.2, 0) is 20.7 Å². The number of hydrogen-bond donors (Lipinski definition) is 2. The summed E-state index contributed by atoms with van der Waals surface area (Å²) in [5, 5.41) is 12.4. The highest BCUT2D eigenvalue weighted by molar-refractivity contribution is 14.1. The molecule has 2 atom stereocenters. The van der Waals surface area contributed by atoms with Crippen LogP contribution in [0.3, 0.4) is 0 Å². The molecule has 0 saturated heterocycles. The molecule has 1 aromatic carbocycles. The third-order valence-corrected chi connectivity index (χ3v) is 3.87. The van der Waals surface area contributed by atoms with Crippen molar-refractivity contribution in [2.45, 2.75) is 38.8 Å². The molecule has 0 bridgehead atoms. The van der Waals surface area contributed by atoms with Crippen molar-refractivity contribution < 1.29 is 19.4 Å². The molecular formula is C16H22INO4. The van der Waals surface area contributed by atoms with E-state index >= 15 is 0 Å². The van der Waals surface area contributed by atoms with Crippen LogP contribution in [0.1, 0.15) is 25.8 Å². The molecule has 2 N–H and O–H groups in total. The first-order valence-electron chi connectivity index (χ1n) is 7.14. The maximum atomic E-state index is 12.0. The van der Waals surface area contributed by atoms with E-state index in [1.54, 1.807) is 0 Å². The van der Waals surface area contributed by atoms with Crippen molar-refractivity contribution >= 4 is 34.5 Å². The minimum absolute atomic E-state index is 0.188. The molecule has 0 aromatic heterocycles. The summed E-state index contributed by atoms with van der Waals surface area (Å²) < 4.78 is 5.82. The van der Waals surface area contributed by atoms with Gasteiger partial charge in [0.2, 0.25) is 5.91 Å². The third kappa shape index (κ3) is 6.31. The number of amides is 1. The maximum Gasteiger partial charge on any atom is 0.328 e. The smallest absolute Gasteiger partial charge is 0.328 e. The SMILES string of the molecule is COC(=O)[C@H](Cc1ccc(I)cc1)NC(=O)[C@@H](O)CC(C)C. The summed E-state index contributed by atoms with van der Waals surface area (Å²) in [6.07, 6.45) is -0.448. The summed E-state index contributed by atoms with van der Waals surface area (Å²) in [5.41, 5.74) is 0.912. The molecule has 0 aliphatic rings. The fourth-order valence-corrected chi connectivity index (χ4v) is 2.37. The molecule has 6 heteroatoms. The standard InChI is InChI=1S/C16H22INO4/c1-10(2)8-14(19)15(20)18-13(16(21)22-3)9-11-4-6-12(17)7-5-11/h4-7,10,13-14,19H,8-9H2,1-3H3,(H,18,20)/t13-,14-/m0/s1. The predicted octanol–water partition coefficient (Wildman–Crippen LogP) is 1.90. The van der Waals surface area contributed by atoms with E-state index in [0.717, 1.165) is 9.13 Å². The molecule has 1 aromatic rings. The average Bonchev–Trinajstić information content (AvgIpc) is 2.47. The Labute approximate surface area is 144 Å². The lowest BCUT2D eigenvalue weighted by atomic mass is 10.0. The summed E-state index contributed by atoms with van der Waals surface area (Å²) >= 11 is 2.20. The van der Waals surface area contributed by atoms with Crippen LogP contribution >= 0.6 is 22.6 Å². The number of carbonyl (C=O) groups excluding carboxylic acids is 2. The van der Waals surface area contributed by atoms with Gasteiger partial charge in [0.15, 0.2) is 0 Å². The van der Waals surface area contributed by atoms with Gasteiger partial charge in [0.05, 0.1) is 7.11 Å². The van der Waals surface area contributed by atoms with Crippen molar-refractivity contribution in [2.24, 2.45) is 5.92 Å². The van der Waals surface area contributed by atoms with Gasteiger partial charge in [-0.25, -0.2) is 4.79 Å². The molecule has 0 heterocycles. The molecule has 0 unspecified atom stereocenters. The molecule has 1 rings (SSSR count). The zero-order chi connectivity index (χ0) is 16.7. The van der Waals surface area contributed by atoms with Crippen LogP contribution in [0, 0.1) is 9.49 Å². The Morgan fingerprint density at radius 1 is 1.27 bits per heavy atom. The largest absolute Gasteiger partial charge is 0.467 e. The van der Waals surface area contributed by atoms with Gasteiger partial charge in [-0.05, 0) is 52.6 Å². The second-order valence-electron chi connectivity index (χ2n) is 5.56. The Balaban J connectivity index is 2.74. The van der Waals surface area contributed by atoms with Crippen LogP contribution in [0.2, 0.25) is 0 Å². The van der Waals surface area contributed by atoms with Crippen LogP contribution in [-0.4, -0.2) is 36.2 Å². The number of aliphatic hydroxyl groups is 1. The van der Waals surface area contributed by atoms with Gasteiger partial charge in [-0.3, -0.25) is 4.79 Å². The summed E-state index contributed by atoms with van der Waals surface area (Å²) in [4.78, 5) is 23.8. The van der Waals surface area contributed by atoms with Gasteiger partial charge in [0, 0.05) is 9.99 Å². The van der Waals surface area contributed by atoms with Gasteiger partial charge >= 0.3 is 5.97 Å². The molecule has 5 nitrogen and oxygen atoms in total. The van der Waals surface area contributed by atoms with Gasteiger partial charge in [0.1, 0.15) is 12.1 Å². The Morgan fingerprint density at radius 2 is 1.86 bits per heavy atom. The molecule has 0 saturated carbocycles. The molecule has 0 fully saturated rings. The number of hydrogen-bond acceptors (Lipinski definition) is 4. The number of esters is 1. The number of methoxy groups -OCH3 is 1. The number of halogens is 1. The molecule has 122 valence electrons. The van der Waals surface area contributed by atoms with E-state index < -0.39 is 24.0 Å². The highest BCUT2D eigenvalue weighted by Crippen LogP contribution is 2.10. The van der Waals surface area contributed by atoms with Gasteiger partial charge < -0.3 is 15.2 Å². The molecule has 0 radical (unpaired) electrons. The van der Waals surface area contributed by atoms with E-state index in [1.807, 2.05) is 38.1 Å². The number of ether oxygens (including phenoxy) is 1. The zero-order valence-corrected chi connectivity index (χ0v) is 15.2. The van der Waals surface area contributed by atoms with Crippen LogP contribution in [0.5, 0.6) is 0 Å². The second-order valence-corrected chi connectivity index (χ2v) is 6.81. The van der Waals surface area contributed by atoms with Crippen molar-refractivity contribution in [3.05, 3.63) is 33.4 Å². The fourth-order valence-electron chi connectivity index (χ4n) is 2.01. The van der Waals surface area contributed by atoms with E-state index in [4.69, 9.17) is 4.74 Å². The Bertz CT molecular complexity index is 501. The van der Waals surface area contributed by atoms with Crippen LogP contribution < -0.4 is 5.32 Å². The summed E-state index contributed by atoms with van der Waals surface area (Å²) in [7, 11) is 1.28. The summed E-state index contributed by atoms with van der Waals surface area (Å²) in [6, 6.07) is 6.85. The summed E-state index contributed by atoms with van der Waals surface area (Å²) in [5.74, 6) is -0.883. The molecule has 0 spiro atoms. The van der Waals surface area contributed by atoms with E-state index in [-0.39, 0.29) is 5.92 Å². The van der Waals surface area contributed by atoms with E-state index in [2.05, 4.69) is 27.9 Å². The predicted molar refractivity (Wildman–Crippen MR) is 92.3 cm³/mol. The van der Waals surface area contributed by atoms with Gasteiger partial charge in [-0.1, -0.05) is 26.0 Å². The van der Waals surface area contributed by atoms with E-state index in [9.17, 15) is 14.7 Å². The van der Waals surface area contributed by atoms with E-state index in [1.165, 1.54) is 7.11 Å². The lowest BCUT2D eigenvalue weighted by Crippen LogP contribution is -2.47. The molecule has 1 amide bonds. The lowest BCUT2D eigenvalue weighted by Gasteiger charge is -2.19. The highest BCUT2D eigenvalue weighted by atomic mass is 127. The highest BCUT2D eigenvalue weighted by Gasteiger charge is 2.25. The third-order valence-electron chi connectivity index (χ3n) is 3.15. The minimum Gasteiger partial charge on any atom is -0.467 e. The lowest BCUT2D eigenvalue weighted by molar-refractivity contribution is -0.146. The van der Waals surface area contributed by atoms with Crippen molar-refractivity contribution in [2.75, 3.05) is 7.11 Å². The first kappa shape index (κ1) is 18.9. The second kappa shape index (κ2) is 9.09. The first-order valence-corrected chi connectivity index (χ1v) is 8.22. The number of benzene rings is 1. The van der Waals surface area contributed by atoms with Crippen molar-refractivity contribution in [3.8, 4) is 0 Å². The van der Waals surface area contributed by atoms with Crippen molar-refractivity contribution in [1.82, 2.24) is 5.32 Å². The number of rotatable bonds is 7. The molecule has 0 aliphatic heterocycles. The Kier molecular flexibility index (Phi) is 7.81. The fraction of sp³-hybridized carbons (Fsp3) is 0.500. The van der Waals surface area contributed by atoms with E-state index in [0.29, 0.717) is 12.8 Å². The molecule has 0 aliphatic carbocycles. The summed E-state index contributed by atoms with van der Waals surface area (Å²) in [6.45, 7) is 3.83. The molecule has 22 heavy (non-hydrogen) atoms. The minimum atomic E-state index is -1.12. The monoisotopic (exact) mass is 419 g/mol. The normalized spacial score (nSPS) is 13.5. The number of aliphatic hydroxyl groups excluding tert-OH is 1. The maximum absolute atomic E-state index is 12.0. The number of carbonyl (C=O) groups is 2. The first-order chi connectivity index (χ1) is 10.3. The molecular weight excluding hydrogens is 397 g/mol. The van der Waals surface area contributed by atoms with Crippen molar-refractivity contribution in [3.63, 3.8) is 0 Å². The van der Waals surface area contributed by atoms with Gasteiger partial charge in [-0.15, -0.1) is 0 Å². The van der Waals surface area contributed by atoms with Crippen LogP contribution in [0.4, 0.5) is 0 Å². The average molecular weight is 419 g/mol. The number of nitrogens with one attached hydrogen (secondary N) is 1. The Morgan fingerprint density at radius 3 is 2.36 bits per heavy atom.